The molecule has 0 spiro atoms. The van der Waals surface area contributed by atoms with Crippen LogP contribution in [0, 0.1) is 5.92 Å². The molecule has 0 aliphatic carbocycles. The lowest BCUT2D eigenvalue weighted by Gasteiger charge is -2.12. The van der Waals surface area contributed by atoms with Gasteiger partial charge in [-0.05, 0) is 51.4 Å². The number of carboxylic acid groups (broad SMARTS) is 1. The van der Waals surface area contributed by atoms with Crippen molar-refractivity contribution in [3.63, 3.8) is 0 Å². The first-order valence-corrected chi connectivity index (χ1v) is 10.8. The number of Topliss-reactive ketones (excluding diaryl/α,β-unsaturated/α-hetero) is 1. The quantitative estimate of drug-likeness (QED) is 0.233. The monoisotopic (exact) mass is 421 g/mol. The molecule has 6 nitrogen and oxygen atoms in total. The van der Waals surface area contributed by atoms with Crippen LogP contribution in [0.5, 0.6) is 0 Å². The summed E-state index contributed by atoms with van der Waals surface area (Å²) >= 11 is 0.981. The highest BCUT2D eigenvalue weighted by Crippen LogP contribution is 2.14. The maximum Gasteiger partial charge on any atom is 0.328 e. The lowest BCUT2D eigenvalue weighted by Crippen LogP contribution is -2.10. The van der Waals surface area contributed by atoms with E-state index in [2.05, 4.69) is 18.0 Å². The van der Waals surface area contributed by atoms with Crippen LogP contribution in [-0.4, -0.2) is 33.1 Å². The zero-order chi connectivity index (χ0) is 21.6. The number of rotatable bonds is 14. The number of thiazole rings is 1. The first-order valence-electron chi connectivity index (χ1n) is 9.90. The number of nitrogens with one attached hydrogen (secondary N) is 1. The van der Waals surface area contributed by atoms with Crippen LogP contribution < -0.4 is 4.87 Å². The van der Waals surface area contributed by atoms with Crippen molar-refractivity contribution in [1.82, 2.24) is 4.98 Å². The van der Waals surface area contributed by atoms with E-state index in [1.807, 2.05) is 25.2 Å². The third kappa shape index (κ3) is 12.0. The number of carbonyl (C=O) groups excluding carboxylic acids is 1. The van der Waals surface area contributed by atoms with Crippen LogP contribution in [0.25, 0.3) is 0 Å². The number of aliphatic carboxylic acids is 1. The van der Waals surface area contributed by atoms with Crippen LogP contribution >= 0.6 is 11.3 Å². The van der Waals surface area contributed by atoms with Gasteiger partial charge in [-0.3, -0.25) is 9.59 Å². The van der Waals surface area contributed by atoms with Crippen molar-refractivity contribution >= 4 is 23.1 Å². The van der Waals surface area contributed by atoms with Crippen LogP contribution in [0.4, 0.5) is 0 Å². The minimum atomic E-state index is -0.909. The molecule has 1 rings (SSSR count). The summed E-state index contributed by atoms with van der Waals surface area (Å²) in [4.78, 5) is 35.8. The van der Waals surface area contributed by atoms with Gasteiger partial charge < -0.3 is 15.2 Å². The zero-order valence-electron chi connectivity index (χ0n) is 17.1. The molecule has 0 radical (unpaired) electrons. The zero-order valence-corrected chi connectivity index (χ0v) is 17.9. The predicted octanol–water partition coefficient (Wildman–Crippen LogP) is 4.49. The Hall–Kier alpha value is -2.25. The van der Waals surface area contributed by atoms with E-state index in [-0.39, 0.29) is 10.7 Å². The molecule has 0 aromatic carbocycles. The molecule has 3 N–H and O–H groups in total. The van der Waals surface area contributed by atoms with Gasteiger partial charge in [0.2, 0.25) is 0 Å². The average Bonchev–Trinajstić information content (AvgIpc) is 3.08. The topological polar surface area (TPSA) is 107 Å². The molecule has 0 saturated carbocycles. The minimum Gasteiger partial charge on any atom is -0.478 e. The third-order valence-electron chi connectivity index (χ3n) is 4.48. The Labute approximate surface area is 175 Å². The molecule has 1 heterocycles. The lowest BCUT2D eigenvalue weighted by molar-refractivity contribution is -0.131. The Morgan fingerprint density at radius 2 is 1.97 bits per heavy atom. The van der Waals surface area contributed by atoms with Gasteiger partial charge in [0.15, 0.2) is 5.78 Å². The summed E-state index contributed by atoms with van der Waals surface area (Å²) in [7, 11) is 0. The summed E-state index contributed by atoms with van der Waals surface area (Å²) in [5, 5.41) is 20.3. The predicted molar refractivity (Wildman–Crippen MR) is 116 cm³/mol. The molecule has 0 aliphatic rings. The number of hydrogen-bond acceptors (Lipinski definition) is 5. The van der Waals surface area contributed by atoms with E-state index in [1.165, 1.54) is 11.5 Å². The first-order chi connectivity index (χ1) is 13.8. The molecule has 1 aromatic rings. The highest BCUT2D eigenvalue weighted by molar-refractivity contribution is 7.07. The van der Waals surface area contributed by atoms with Gasteiger partial charge >= 0.3 is 10.8 Å². The Morgan fingerprint density at radius 3 is 2.62 bits per heavy atom. The molecule has 0 saturated heterocycles. The molecule has 0 fully saturated rings. The maximum atomic E-state index is 11.9. The highest BCUT2D eigenvalue weighted by atomic mass is 32.1. The fourth-order valence-electron chi connectivity index (χ4n) is 2.77. The molecule has 29 heavy (non-hydrogen) atoms. The second kappa shape index (κ2) is 13.8. The number of carbonyl (C=O) groups is 2. The molecule has 2 atom stereocenters. The van der Waals surface area contributed by atoms with Gasteiger partial charge in [-0.1, -0.05) is 48.1 Å². The van der Waals surface area contributed by atoms with Crippen LogP contribution in [0.3, 0.4) is 0 Å². The number of aliphatic hydroxyl groups excluding tert-OH is 1. The largest absolute Gasteiger partial charge is 0.478 e. The summed E-state index contributed by atoms with van der Waals surface area (Å²) in [6.45, 7) is 3.90. The van der Waals surface area contributed by atoms with E-state index in [9.17, 15) is 19.5 Å². The molecule has 2 unspecified atom stereocenters. The number of hydrogen-bond donors (Lipinski definition) is 3. The van der Waals surface area contributed by atoms with Crippen molar-refractivity contribution in [3.8, 4) is 0 Å². The Balaban J connectivity index is 2.16. The maximum absolute atomic E-state index is 11.9. The number of aromatic nitrogens is 1. The summed E-state index contributed by atoms with van der Waals surface area (Å²) in [6.07, 6.45) is 13.4. The summed E-state index contributed by atoms with van der Waals surface area (Å²) < 4.78 is 0. The van der Waals surface area contributed by atoms with Crippen molar-refractivity contribution in [3.05, 3.63) is 56.7 Å². The molecule has 1 aromatic heterocycles. The smallest absolute Gasteiger partial charge is 0.328 e. The van der Waals surface area contributed by atoms with Crippen LogP contribution in [0.15, 0.2) is 46.1 Å². The Kier molecular flexibility index (Phi) is 11.8. The summed E-state index contributed by atoms with van der Waals surface area (Å²) in [5.41, 5.74) is 1.20. The molecule has 7 heteroatoms. The van der Waals surface area contributed by atoms with Crippen molar-refractivity contribution in [2.75, 3.05) is 0 Å². The fraction of sp³-hybridized carbons (Fsp3) is 0.500. The minimum absolute atomic E-state index is 0.0905. The first kappa shape index (κ1) is 24.8. The number of ketones is 1. The van der Waals surface area contributed by atoms with E-state index in [1.54, 1.807) is 0 Å². The Morgan fingerprint density at radius 1 is 1.21 bits per heavy atom. The molecular weight excluding hydrogens is 390 g/mol. The van der Waals surface area contributed by atoms with Crippen molar-refractivity contribution in [1.29, 1.82) is 0 Å². The number of H-pyrrole nitrogens is 1. The second-order valence-electron chi connectivity index (χ2n) is 7.27. The van der Waals surface area contributed by atoms with Crippen molar-refractivity contribution in [2.45, 2.75) is 64.9 Å². The van der Waals surface area contributed by atoms with Gasteiger partial charge in [0, 0.05) is 17.9 Å². The molecular formula is C22H31NO5S. The third-order valence-corrected chi connectivity index (χ3v) is 5.15. The molecule has 0 aliphatic heterocycles. The second-order valence-corrected chi connectivity index (χ2v) is 8.11. The molecule has 0 bridgehead atoms. The van der Waals surface area contributed by atoms with Gasteiger partial charge in [-0.15, -0.1) is 0 Å². The van der Waals surface area contributed by atoms with Gasteiger partial charge in [0.1, 0.15) is 0 Å². The van der Waals surface area contributed by atoms with Crippen LogP contribution in [0.1, 0.15) is 69.3 Å². The number of carboxylic acids is 1. The van der Waals surface area contributed by atoms with Gasteiger partial charge in [0.05, 0.1) is 11.8 Å². The van der Waals surface area contributed by atoms with Crippen LogP contribution in [-0.2, 0) is 4.79 Å². The van der Waals surface area contributed by atoms with E-state index in [0.29, 0.717) is 37.3 Å². The number of aliphatic hydroxyl groups is 1. The van der Waals surface area contributed by atoms with Crippen LogP contribution in [0.2, 0.25) is 0 Å². The standard InChI is InChI=1S/C22H31NO5S/c1-16(8-5-3-4-6-9-17(2)14-21(26)27)12-13-18(24)10-7-11-20(25)19-15-29-22(28)23-19/h3-5,8,14-16,18,24H,6-7,9-13H2,1-2H3,(H,23,28)(H,26,27). The summed E-state index contributed by atoms with van der Waals surface area (Å²) in [5.74, 6) is -0.666. The number of allylic oxidation sites excluding steroid dienone is 5. The van der Waals surface area contributed by atoms with E-state index < -0.39 is 12.1 Å². The van der Waals surface area contributed by atoms with Gasteiger partial charge in [-0.25, -0.2) is 4.79 Å². The van der Waals surface area contributed by atoms with Crippen molar-refractivity contribution < 1.29 is 19.8 Å². The molecule has 160 valence electrons. The normalized spacial score (nSPS) is 14.5. The number of aromatic amines is 1. The van der Waals surface area contributed by atoms with E-state index in [4.69, 9.17) is 5.11 Å². The van der Waals surface area contributed by atoms with E-state index in [0.717, 1.165) is 36.2 Å². The van der Waals surface area contributed by atoms with Crippen molar-refractivity contribution in [2.24, 2.45) is 5.92 Å². The van der Waals surface area contributed by atoms with E-state index >= 15 is 0 Å². The Bertz CT molecular complexity index is 787. The van der Waals surface area contributed by atoms with Gasteiger partial charge in [-0.2, -0.15) is 0 Å². The highest BCUT2D eigenvalue weighted by Gasteiger charge is 2.11. The molecule has 0 amide bonds. The SMILES string of the molecule is CC(=CC(=O)O)CCC=CC=CC(C)CCC(O)CCCC(=O)c1csc(=O)[nH]1. The fourth-order valence-corrected chi connectivity index (χ4v) is 3.35. The average molecular weight is 422 g/mol. The van der Waals surface area contributed by atoms with Gasteiger partial charge in [0.25, 0.3) is 0 Å². The summed E-state index contributed by atoms with van der Waals surface area (Å²) in [6, 6.07) is 0. The lowest BCUT2D eigenvalue weighted by atomic mass is 9.99.